The SMILES string of the molecule is O=Cc1c(Cl)cc(OCCCCCC(=O)O)cc1[N+](=O)[O-]. The number of nitrogens with zero attached hydrogens (tertiary/aromatic N) is 1. The van der Waals surface area contributed by atoms with Crippen molar-refractivity contribution in [2.75, 3.05) is 6.61 Å². The van der Waals surface area contributed by atoms with E-state index in [-0.39, 0.29) is 29.4 Å². The van der Waals surface area contributed by atoms with Crippen LogP contribution >= 0.6 is 11.6 Å². The number of rotatable bonds is 9. The van der Waals surface area contributed by atoms with E-state index in [2.05, 4.69) is 0 Å². The van der Waals surface area contributed by atoms with Gasteiger partial charge in [0, 0.05) is 6.42 Å². The maximum atomic E-state index is 10.8. The number of halogens is 1. The summed E-state index contributed by atoms with van der Waals surface area (Å²) in [6.07, 6.45) is 2.27. The number of nitro benzene ring substituents is 1. The molecular formula is C13H14ClNO6. The molecule has 0 bridgehead atoms. The number of carbonyl (C=O) groups is 2. The summed E-state index contributed by atoms with van der Waals surface area (Å²) in [6, 6.07) is 2.49. The summed E-state index contributed by atoms with van der Waals surface area (Å²) >= 11 is 5.80. The highest BCUT2D eigenvalue weighted by Gasteiger charge is 2.18. The summed E-state index contributed by atoms with van der Waals surface area (Å²) < 4.78 is 5.33. The quantitative estimate of drug-likeness (QED) is 0.325. The number of carboxylic acids is 1. The third kappa shape index (κ3) is 5.39. The molecule has 0 amide bonds. The Morgan fingerprint density at radius 2 is 2.10 bits per heavy atom. The summed E-state index contributed by atoms with van der Waals surface area (Å²) in [6.45, 7) is 0.285. The fourth-order valence-electron chi connectivity index (χ4n) is 1.68. The second-order valence-corrected chi connectivity index (χ2v) is 4.67. The van der Waals surface area contributed by atoms with Gasteiger partial charge in [-0.1, -0.05) is 11.6 Å². The number of hydrogen-bond acceptors (Lipinski definition) is 5. The minimum absolute atomic E-state index is 0.0416. The van der Waals surface area contributed by atoms with Crippen LogP contribution in [0, 0.1) is 10.1 Å². The van der Waals surface area contributed by atoms with Crippen LogP contribution in [0.3, 0.4) is 0 Å². The number of aliphatic carboxylic acids is 1. The average Bonchev–Trinajstić information content (AvgIpc) is 2.41. The molecule has 0 saturated carbocycles. The number of carboxylic acid groups (broad SMARTS) is 1. The Balaban J connectivity index is 2.58. The zero-order valence-corrected chi connectivity index (χ0v) is 11.8. The third-order valence-corrected chi connectivity index (χ3v) is 3.01. The first kappa shape index (κ1) is 16.9. The predicted octanol–water partition coefficient (Wildman–Crippen LogP) is 3.08. The van der Waals surface area contributed by atoms with Crippen molar-refractivity contribution in [3.8, 4) is 5.75 Å². The molecule has 0 heterocycles. The fourth-order valence-corrected chi connectivity index (χ4v) is 1.92. The smallest absolute Gasteiger partial charge is 0.303 e. The van der Waals surface area contributed by atoms with E-state index < -0.39 is 16.6 Å². The van der Waals surface area contributed by atoms with Gasteiger partial charge in [-0.15, -0.1) is 0 Å². The Morgan fingerprint density at radius 3 is 2.67 bits per heavy atom. The number of hydrogen-bond donors (Lipinski definition) is 1. The highest BCUT2D eigenvalue weighted by atomic mass is 35.5. The standard InChI is InChI=1S/C13H14ClNO6/c14-11-6-9(7-12(15(19)20)10(11)8-16)21-5-3-1-2-4-13(17)18/h6-8H,1-5H2,(H,17,18). The molecule has 0 aliphatic carbocycles. The Morgan fingerprint density at radius 1 is 1.38 bits per heavy atom. The van der Waals surface area contributed by atoms with Crippen LogP contribution in [0.4, 0.5) is 5.69 Å². The highest BCUT2D eigenvalue weighted by molar-refractivity contribution is 6.33. The van der Waals surface area contributed by atoms with Crippen LogP contribution in [-0.2, 0) is 4.79 Å². The number of ether oxygens (including phenoxy) is 1. The summed E-state index contributed by atoms with van der Waals surface area (Å²) in [5, 5.41) is 19.3. The van der Waals surface area contributed by atoms with E-state index in [4.69, 9.17) is 21.4 Å². The first-order valence-corrected chi connectivity index (χ1v) is 6.61. The molecule has 1 rings (SSSR count). The van der Waals surface area contributed by atoms with Crippen LogP contribution < -0.4 is 4.74 Å². The summed E-state index contributed by atoms with van der Waals surface area (Å²) in [5.41, 5.74) is -0.589. The topological polar surface area (TPSA) is 107 Å². The van der Waals surface area contributed by atoms with Gasteiger partial charge in [-0.3, -0.25) is 19.7 Å². The molecule has 21 heavy (non-hydrogen) atoms. The number of nitro groups is 1. The lowest BCUT2D eigenvalue weighted by atomic mass is 10.2. The van der Waals surface area contributed by atoms with Crippen molar-refractivity contribution in [2.24, 2.45) is 0 Å². The van der Waals surface area contributed by atoms with Crippen LogP contribution in [0.25, 0.3) is 0 Å². The van der Waals surface area contributed by atoms with Gasteiger partial charge < -0.3 is 9.84 Å². The molecule has 1 aromatic rings. The van der Waals surface area contributed by atoms with Gasteiger partial charge in [-0.05, 0) is 25.3 Å². The van der Waals surface area contributed by atoms with Crippen molar-refractivity contribution in [3.05, 3.63) is 32.8 Å². The highest BCUT2D eigenvalue weighted by Crippen LogP contribution is 2.30. The van der Waals surface area contributed by atoms with Gasteiger partial charge in [0.1, 0.15) is 11.3 Å². The first-order valence-electron chi connectivity index (χ1n) is 6.23. The second-order valence-electron chi connectivity index (χ2n) is 4.27. The van der Waals surface area contributed by atoms with Gasteiger partial charge in [0.25, 0.3) is 5.69 Å². The molecule has 0 aliphatic heterocycles. The van der Waals surface area contributed by atoms with E-state index in [9.17, 15) is 19.7 Å². The molecule has 0 unspecified atom stereocenters. The predicted molar refractivity (Wildman–Crippen MR) is 75.1 cm³/mol. The molecule has 0 aromatic heterocycles. The van der Waals surface area contributed by atoms with Gasteiger partial charge in [0.2, 0.25) is 0 Å². The van der Waals surface area contributed by atoms with E-state index in [1.807, 2.05) is 0 Å². The Bertz CT molecular complexity index is 546. The maximum Gasteiger partial charge on any atom is 0.303 e. The minimum atomic E-state index is -0.845. The first-order chi connectivity index (χ1) is 9.95. The van der Waals surface area contributed by atoms with E-state index in [0.717, 1.165) is 6.07 Å². The Hall–Kier alpha value is -2.15. The molecule has 0 atom stereocenters. The van der Waals surface area contributed by atoms with E-state index in [0.29, 0.717) is 25.5 Å². The molecule has 0 radical (unpaired) electrons. The van der Waals surface area contributed by atoms with Crippen LogP contribution in [0.1, 0.15) is 36.0 Å². The molecule has 8 heteroatoms. The number of unbranched alkanes of at least 4 members (excludes halogenated alkanes) is 2. The molecule has 0 saturated heterocycles. The molecule has 0 aliphatic rings. The zero-order chi connectivity index (χ0) is 15.8. The van der Waals surface area contributed by atoms with E-state index >= 15 is 0 Å². The molecule has 1 N–H and O–H groups in total. The summed E-state index contributed by atoms with van der Waals surface area (Å²) in [7, 11) is 0. The monoisotopic (exact) mass is 315 g/mol. The Labute approximate surface area is 125 Å². The van der Waals surface area contributed by atoms with Crippen LogP contribution in [0.15, 0.2) is 12.1 Å². The van der Waals surface area contributed by atoms with Crippen LogP contribution in [0.2, 0.25) is 5.02 Å². The Kier molecular flexibility index (Phi) is 6.61. The lowest BCUT2D eigenvalue weighted by molar-refractivity contribution is -0.385. The van der Waals surface area contributed by atoms with Crippen molar-refractivity contribution in [1.29, 1.82) is 0 Å². The minimum Gasteiger partial charge on any atom is -0.493 e. The zero-order valence-electron chi connectivity index (χ0n) is 11.1. The van der Waals surface area contributed by atoms with Crippen LogP contribution in [-0.4, -0.2) is 28.9 Å². The van der Waals surface area contributed by atoms with Gasteiger partial charge in [0.15, 0.2) is 6.29 Å². The third-order valence-electron chi connectivity index (χ3n) is 2.70. The summed E-state index contributed by atoms with van der Waals surface area (Å²) in [5.74, 6) is -0.640. The van der Waals surface area contributed by atoms with E-state index in [1.165, 1.54) is 6.07 Å². The van der Waals surface area contributed by atoms with Gasteiger partial charge in [0.05, 0.1) is 22.6 Å². The normalized spacial score (nSPS) is 10.1. The fraction of sp³-hybridized carbons (Fsp3) is 0.385. The lowest BCUT2D eigenvalue weighted by Gasteiger charge is -2.07. The largest absolute Gasteiger partial charge is 0.493 e. The number of carbonyl (C=O) groups excluding carboxylic acids is 1. The van der Waals surface area contributed by atoms with Gasteiger partial charge >= 0.3 is 5.97 Å². The molecule has 1 aromatic carbocycles. The van der Waals surface area contributed by atoms with Crippen molar-refractivity contribution >= 4 is 29.5 Å². The van der Waals surface area contributed by atoms with Gasteiger partial charge in [-0.2, -0.15) is 0 Å². The molecule has 7 nitrogen and oxygen atoms in total. The average molecular weight is 316 g/mol. The molecule has 0 spiro atoms. The van der Waals surface area contributed by atoms with Gasteiger partial charge in [-0.25, -0.2) is 0 Å². The molecule has 0 fully saturated rings. The summed E-state index contributed by atoms with van der Waals surface area (Å²) in [4.78, 5) is 31.2. The van der Waals surface area contributed by atoms with Crippen molar-refractivity contribution in [1.82, 2.24) is 0 Å². The van der Waals surface area contributed by atoms with E-state index in [1.54, 1.807) is 0 Å². The maximum absolute atomic E-state index is 10.8. The number of benzene rings is 1. The second kappa shape index (κ2) is 8.21. The van der Waals surface area contributed by atoms with Crippen LogP contribution in [0.5, 0.6) is 5.75 Å². The molecule has 114 valence electrons. The van der Waals surface area contributed by atoms with Crippen molar-refractivity contribution in [3.63, 3.8) is 0 Å². The van der Waals surface area contributed by atoms with Crippen molar-refractivity contribution in [2.45, 2.75) is 25.7 Å². The lowest BCUT2D eigenvalue weighted by Crippen LogP contribution is -2.01. The molecular weight excluding hydrogens is 302 g/mol. The van der Waals surface area contributed by atoms with Crippen molar-refractivity contribution < 1.29 is 24.4 Å². The number of aldehydes is 1.